The summed E-state index contributed by atoms with van der Waals surface area (Å²) in [6.07, 6.45) is 7.77. The van der Waals surface area contributed by atoms with Crippen LogP contribution in [0.25, 0.3) is 0 Å². The van der Waals surface area contributed by atoms with Crippen LogP contribution in [-0.4, -0.2) is 16.7 Å². The quantitative estimate of drug-likeness (QED) is 0.764. The number of benzene rings is 1. The predicted octanol–water partition coefficient (Wildman–Crippen LogP) is 4.06. The maximum absolute atomic E-state index is 12.0. The second-order valence-corrected chi connectivity index (χ2v) is 6.19. The molecule has 19 heavy (non-hydrogen) atoms. The minimum Gasteiger partial charge on any atom is -0.485 e. The van der Waals surface area contributed by atoms with Crippen molar-refractivity contribution in [1.82, 2.24) is 0 Å². The van der Waals surface area contributed by atoms with Gasteiger partial charge in [0.05, 0.1) is 0 Å². The lowest BCUT2D eigenvalue weighted by atomic mass is 9.93. The van der Waals surface area contributed by atoms with Crippen LogP contribution in [0.3, 0.4) is 0 Å². The Morgan fingerprint density at radius 1 is 1.37 bits per heavy atom. The van der Waals surface area contributed by atoms with Crippen molar-refractivity contribution < 1.29 is 9.53 Å². The molecule has 2 rings (SSSR count). The predicted molar refractivity (Wildman–Crippen MR) is 80.7 cm³/mol. The Morgan fingerprint density at radius 2 is 2.11 bits per heavy atom. The second kappa shape index (κ2) is 6.20. The highest BCUT2D eigenvalue weighted by molar-refractivity contribution is 9.10. The van der Waals surface area contributed by atoms with Gasteiger partial charge in [0.1, 0.15) is 5.75 Å². The molecule has 0 aromatic heterocycles. The summed E-state index contributed by atoms with van der Waals surface area (Å²) in [6.45, 7) is 2.21. The molecule has 2 nitrogen and oxygen atoms in total. The normalized spacial score (nSPS) is 21.9. The summed E-state index contributed by atoms with van der Waals surface area (Å²) in [5, 5.41) is 0. The molecule has 0 amide bonds. The van der Waals surface area contributed by atoms with Crippen molar-refractivity contribution in [3.05, 3.63) is 54.1 Å². The monoisotopic (exact) mass is 320 g/mol. The summed E-state index contributed by atoms with van der Waals surface area (Å²) in [4.78, 5) is 12.0. The average molecular weight is 321 g/mol. The van der Waals surface area contributed by atoms with E-state index in [9.17, 15) is 4.79 Å². The van der Waals surface area contributed by atoms with E-state index in [0.29, 0.717) is 0 Å². The minimum atomic E-state index is 0.0110. The van der Waals surface area contributed by atoms with Crippen LogP contribution in [-0.2, 0) is 4.79 Å². The summed E-state index contributed by atoms with van der Waals surface area (Å²) in [7, 11) is 0. The first kappa shape index (κ1) is 14.1. The maximum Gasteiger partial charge on any atom is 0.199 e. The van der Waals surface area contributed by atoms with Crippen LogP contribution in [0.4, 0.5) is 0 Å². The van der Waals surface area contributed by atoms with Gasteiger partial charge in [-0.05, 0) is 25.0 Å². The summed E-state index contributed by atoms with van der Waals surface area (Å²) < 4.78 is 5.47. The van der Waals surface area contributed by atoms with E-state index >= 15 is 0 Å². The van der Waals surface area contributed by atoms with Crippen LogP contribution < -0.4 is 4.74 Å². The lowest BCUT2D eigenvalue weighted by Crippen LogP contribution is -2.21. The van der Waals surface area contributed by atoms with Crippen LogP contribution in [0, 0.1) is 0 Å². The molecule has 0 saturated heterocycles. The summed E-state index contributed by atoms with van der Waals surface area (Å²) in [5.74, 6) is 0.741. The van der Waals surface area contributed by atoms with Gasteiger partial charge in [-0.15, -0.1) is 0 Å². The molecule has 1 unspecified atom stereocenters. The SMILES string of the molecule is CCC1(Br)C=CC(C(=O)COc2ccccc2)=CC1. The first-order chi connectivity index (χ1) is 9.13. The number of rotatable bonds is 5. The fraction of sp³-hybridized carbons (Fsp3) is 0.312. The Kier molecular flexibility index (Phi) is 4.59. The van der Waals surface area contributed by atoms with Crippen molar-refractivity contribution in [2.75, 3.05) is 6.61 Å². The van der Waals surface area contributed by atoms with Gasteiger partial charge in [-0.1, -0.05) is 59.3 Å². The van der Waals surface area contributed by atoms with Crippen LogP contribution in [0.15, 0.2) is 54.1 Å². The molecule has 0 aliphatic heterocycles. The number of Topliss-reactive ketones (excluding diaryl/α,β-unsaturated/α-hetero) is 1. The van der Waals surface area contributed by atoms with Crippen molar-refractivity contribution in [2.45, 2.75) is 24.1 Å². The first-order valence-corrected chi connectivity index (χ1v) is 7.21. The third-order valence-corrected chi connectivity index (χ3v) is 4.39. The van der Waals surface area contributed by atoms with E-state index in [1.165, 1.54) is 0 Å². The smallest absolute Gasteiger partial charge is 0.199 e. The number of hydrogen-bond donors (Lipinski definition) is 0. The van der Waals surface area contributed by atoms with E-state index in [1.807, 2.05) is 42.5 Å². The molecule has 0 spiro atoms. The molecule has 0 saturated carbocycles. The highest BCUT2D eigenvalue weighted by Crippen LogP contribution is 2.32. The number of hydrogen-bond acceptors (Lipinski definition) is 2. The van der Waals surface area contributed by atoms with Crippen LogP contribution in [0.1, 0.15) is 19.8 Å². The van der Waals surface area contributed by atoms with Gasteiger partial charge in [0, 0.05) is 9.90 Å². The number of halogens is 1. The largest absolute Gasteiger partial charge is 0.485 e. The van der Waals surface area contributed by atoms with Crippen LogP contribution >= 0.6 is 15.9 Å². The lowest BCUT2D eigenvalue weighted by molar-refractivity contribution is -0.117. The number of alkyl halides is 1. The highest BCUT2D eigenvalue weighted by Gasteiger charge is 2.24. The van der Waals surface area contributed by atoms with Crippen molar-refractivity contribution >= 4 is 21.7 Å². The molecule has 0 N–H and O–H groups in total. The molecular formula is C16H17BrO2. The number of allylic oxidation sites excluding steroid dienone is 3. The Bertz CT molecular complexity index is 505. The molecule has 3 heteroatoms. The summed E-state index contributed by atoms with van der Waals surface area (Å²) in [6, 6.07) is 9.39. The molecule has 0 bridgehead atoms. The first-order valence-electron chi connectivity index (χ1n) is 6.42. The average Bonchev–Trinajstić information content (AvgIpc) is 2.47. The fourth-order valence-corrected chi connectivity index (χ4v) is 2.17. The minimum absolute atomic E-state index is 0.0110. The van der Waals surface area contributed by atoms with Crippen molar-refractivity contribution in [1.29, 1.82) is 0 Å². The van der Waals surface area contributed by atoms with E-state index in [1.54, 1.807) is 0 Å². The Hall–Kier alpha value is -1.35. The highest BCUT2D eigenvalue weighted by atomic mass is 79.9. The van der Waals surface area contributed by atoms with Gasteiger partial charge in [0.25, 0.3) is 0 Å². The number of para-hydroxylation sites is 1. The number of carbonyl (C=O) groups excluding carboxylic acids is 1. The second-order valence-electron chi connectivity index (χ2n) is 4.61. The van der Waals surface area contributed by atoms with E-state index in [0.717, 1.165) is 24.2 Å². The third-order valence-electron chi connectivity index (χ3n) is 3.25. The van der Waals surface area contributed by atoms with Crippen molar-refractivity contribution in [3.63, 3.8) is 0 Å². The van der Waals surface area contributed by atoms with Crippen LogP contribution in [0.2, 0.25) is 0 Å². The molecule has 0 heterocycles. The van der Waals surface area contributed by atoms with Gasteiger partial charge < -0.3 is 4.74 Å². The van der Waals surface area contributed by atoms with Crippen molar-refractivity contribution in [2.24, 2.45) is 0 Å². The number of ether oxygens (including phenoxy) is 1. The van der Waals surface area contributed by atoms with Gasteiger partial charge in [0.2, 0.25) is 0 Å². The van der Waals surface area contributed by atoms with Crippen LogP contribution in [0.5, 0.6) is 5.75 Å². The lowest BCUT2D eigenvalue weighted by Gasteiger charge is -2.23. The zero-order valence-electron chi connectivity index (χ0n) is 10.9. The molecule has 1 aliphatic rings. The van der Waals surface area contributed by atoms with Gasteiger partial charge in [-0.3, -0.25) is 4.79 Å². The molecule has 100 valence electrons. The van der Waals surface area contributed by atoms with Gasteiger partial charge in [-0.2, -0.15) is 0 Å². The third kappa shape index (κ3) is 3.80. The Labute approximate surface area is 122 Å². The van der Waals surface area contributed by atoms with Crippen molar-refractivity contribution in [3.8, 4) is 5.75 Å². The van der Waals surface area contributed by atoms with Gasteiger partial charge in [0.15, 0.2) is 12.4 Å². The summed E-state index contributed by atoms with van der Waals surface area (Å²) in [5.41, 5.74) is 0.736. The van der Waals surface area contributed by atoms with Gasteiger partial charge >= 0.3 is 0 Å². The Morgan fingerprint density at radius 3 is 2.68 bits per heavy atom. The zero-order chi connectivity index (χ0) is 13.7. The Balaban J connectivity index is 1.90. The molecule has 1 aromatic carbocycles. The molecule has 1 atom stereocenters. The molecule has 1 aliphatic carbocycles. The molecule has 1 aromatic rings. The maximum atomic E-state index is 12.0. The molecule has 0 fully saturated rings. The number of carbonyl (C=O) groups is 1. The van der Waals surface area contributed by atoms with Gasteiger partial charge in [-0.25, -0.2) is 0 Å². The molecule has 0 radical (unpaired) electrons. The zero-order valence-corrected chi connectivity index (χ0v) is 12.5. The summed E-state index contributed by atoms with van der Waals surface area (Å²) >= 11 is 3.67. The fourth-order valence-electron chi connectivity index (χ4n) is 1.87. The standard InChI is InChI=1S/C16H17BrO2/c1-2-16(17)10-8-13(9-11-16)15(18)12-19-14-6-4-3-5-7-14/h3-10H,2,11-12H2,1H3. The molecular weight excluding hydrogens is 304 g/mol. The van der Waals surface area contributed by atoms with E-state index < -0.39 is 0 Å². The van der Waals surface area contributed by atoms with E-state index in [4.69, 9.17) is 4.74 Å². The van der Waals surface area contributed by atoms with E-state index in [-0.39, 0.29) is 16.7 Å². The topological polar surface area (TPSA) is 26.3 Å². The van der Waals surface area contributed by atoms with E-state index in [2.05, 4.69) is 28.9 Å². The number of ketones is 1.